The summed E-state index contributed by atoms with van der Waals surface area (Å²) in [5.41, 5.74) is 10.6. The Bertz CT molecular complexity index is 1330. The first kappa shape index (κ1) is 26.9. The highest BCUT2D eigenvalue weighted by Crippen LogP contribution is 2.27. The molecule has 0 fully saturated rings. The van der Waals surface area contributed by atoms with Gasteiger partial charge in [-0.15, -0.1) is 0 Å². The number of hydrogen-bond acceptors (Lipinski definition) is 6. The van der Waals surface area contributed by atoms with Crippen molar-refractivity contribution in [2.45, 2.75) is 45.1 Å². The topological polar surface area (TPSA) is 118 Å². The van der Waals surface area contributed by atoms with Gasteiger partial charge in [-0.2, -0.15) is 5.10 Å². The predicted octanol–water partition coefficient (Wildman–Crippen LogP) is 4.43. The van der Waals surface area contributed by atoms with Crippen LogP contribution in [0.5, 0.6) is 5.75 Å². The smallest absolute Gasteiger partial charge is 0.234 e. The zero-order valence-electron chi connectivity index (χ0n) is 22.2. The molecule has 4 aromatic rings. The number of amides is 1. The second-order valence-electron chi connectivity index (χ2n) is 10.4. The number of nitrogens with one attached hydrogen (secondary N) is 2. The molecule has 0 saturated heterocycles. The van der Waals surface area contributed by atoms with Crippen LogP contribution in [-0.4, -0.2) is 44.9 Å². The molecule has 8 nitrogen and oxygen atoms in total. The van der Waals surface area contributed by atoms with E-state index in [0.717, 1.165) is 34.7 Å². The molecule has 1 atom stereocenters. The van der Waals surface area contributed by atoms with E-state index in [9.17, 15) is 9.90 Å². The quantitative estimate of drug-likeness (QED) is 0.221. The number of aromatic nitrogens is 3. The van der Waals surface area contributed by atoms with Crippen LogP contribution in [0, 0.1) is 0 Å². The molecule has 1 amide bonds. The summed E-state index contributed by atoms with van der Waals surface area (Å²) in [7, 11) is 0. The van der Waals surface area contributed by atoms with E-state index < -0.39 is 11.9 Å². The summed E-state index contributed by atoms with van der Waals surface area (Å²) < 4.78 is 1.92. The molecule has 5 N–H and O–H groups in total. The number of rotatable bonds is 11. The Morgan fingerprint density at radius 1 is 1.05 bits per heavy atom. The molecular formula is C30H36N6O2. The van der Waals surface area contributed by atoms with Gasteiger partial charge in [-0.25, -0.2) is 4.68 Å². The molecule has 0 aliphatic rings. The summed E-state index contributed by atoms with van der Waals surface area (Å²) in [6.07, 6.45) is 4.80. The lowest BCUT2D eigenvalue weighted by molar-refractivity contribution is -0.120. The third kappa shape index (κ3) is 6.98. The normalized spacial score (nSPS) is 12.3. The van der Waals surface area contributed by atoms with E-state index >= 15 is 0 Å². The van der Waals surface area contributed by atoms with Crippen LogP contribution in [0.3, 0.4) is 0 Å². The molecule has 2 heterocycles. The van der Waals surface area contributed by atoms with Crippen LogP contribution in [0.4, 0.5) is 5.82 Å². The number of phenolic OH excluding ortho intramolecular Hbond substituents is 1. The minimum atomic E-state index is -0.483. The van der Waals surface area contributed by atoms with Crippen LogP contribution in [0.2, 0.25) is 0 Å². The fraction of sp³-hybridized carbons (Fsp3) is 0.300. The molecule has 0 spiro atoms. The van der Waals surface area contributed by atoms with E-state index in [0.29, 0.717) is 19.5 Å². The minimum absolute atomic E-state index is 0.0721. The van der Waals surface area contributed by atoms with E-state index in [1.54, 1.807) is 36.7 Å². The van der Waals surface area contributed by atoms with E-state index in [2.05, 4.69) is 60.7 Å². The third-order valence-electron chi connectivity index (χ3n) is 6.41. The van der Waals surface area contributed by atoms with Gasteiger partial charge in [-0.1, -0.05) is 45.0 Å². The fourth-order valence-electron chi connectivity index (χ4n) is 4.18. The zero-order valence-corrected chi connectivity index (χ0v) is 22.2. The Balaban J connectivity index is 1.42. The standard InChI is InChI=1S/C30H36N6O2/c1-30(2,3)23-9-11-24(12-10-23)36-28(19-26(35-36)22-6-4-15-32-20-22)34-17-5-16-33-27(29(31)38)18-21-7-13-25(37)14-8-21/h4,6-15,19-20,27,33-34,37H,5,16-18H2,1-3H3,(H2,31,38)/t27-/m0/s1. The average molecular weight is 513 g/mol. The van der Waals surface area contributed by atoms with Gasteiger partial charge in [0.05, 0.1) is 17.4 Å². The Morgan fingerprint density at radius 2 is 1.79 bits per heavy atom. The maximum atomic E-state index is 12.0. The van der Waals surface area contributed by atoms with Crippen LogP contribution in [0.25, 0.3) is 16.9 Å². The average Bonchev–Trinajstić information content (AvgIpc) is 3.33. The molecule has 4 rings (SSSR count). The maximum Gasteiger partial charge on any atom is 0.234 e. The summed E-state index contributed by atoms with van der Waals surface area (Å²) in [4.78, 5) is 16.2. The van der Waals surface area contributed by atoms with E-state index in [1.165, 1.54) is 5.56 Å². The summed E-state index contributed by atoms with van der Waals surface area (Å²) >= 11 is 0. The van der Waals surface area contributed by atoms with E-state index in [1.807, 2.05) is 22.9 Å². The van der Waals surface area contributed by atoms with Crippen molar-refractivity contribution in [1.29, 1.82) is 0 Å². The van der Waals surface area contributed by atoms with Gasteiger partial charge >= 0.3 is 0 Å². The largest absolute Gasteiger partial charge is 0.508 e. The van der Waals surface area contributed by atoms with Crippen LogP contribution in [0.15, 0.2) is 79.1 Å². The zero-order chi connectivity index (χ0) is 27.1. The number of nitrogens with two attached hydrogens (primary N) is 1. The highest BCUT2D eigenvalue weighted by molar-refractivity contribution is 5.80. The summed E-state index contributed by atoms with van der Waals surface area (Å²) in [6.45, 7) is 7.89. The first-order chi connectivity index (χ1) is 18.2. The fourth-order valence-corrected chi connectivity index (χ4v) is 4.18. The third-order valence-corrected chi connectivity index (χ3v) is 6.41. The van der Waals surface area contributed by atoms with Gasteiger partial charge in [0.25, 0.3) is 0 Å². The molecule has 198 valence electrons. The monoisotopic (exact) mass is 512 g/mol. The number of benzene rings is 2. The molecule has 38 heavy (non-hydrogen) atoms. The Hall–Kier alpha value is -4.17. The van der Waals surface area contributed by atoms with Crippen molar-refractivity contribution < 1.29 is 9.90 Å². The second-order valence-corrected chi connectivity index (χ2v) is 10.4. The van der Waals surface area contributed by atoms with Crippen molar-refractivity contribution in [2.24, 2.45) is 5.73 Å². The minimum Gasteiger partial charge on any atom is -0.508 e. The summed E-state index contributed by atoms with van der Waals surface area (Å²) in [5.74, 6) is 0.673. The van der Waals surface area contributed by atoms with Crippen LogP contribution in [0.1, 0.15) is 38.3 Å². The van der Waals surface area contributed by atoms with Crippen molar-refractivity contribution in [2.75, 3.05) is 18.4 Å². The highest BCUT2D eigenvalue weighted by atomic mass is 16.3. The van der Waals surface area contributed by atoms with Crippen molar-refractivity contribution in [3.8, 4) is 22.7 Å². The predicted molar refractivity (Wildman–Crippen MR) is 151 cm³/mol. The SMILES string of the molecule is CC(C)(C)c1ccc(-n2nc(-c3cccnc3)cc2NCCCN[C@@H](Cc2ccc(O)cc2)C(N)=O)cc1. The molecule has 8 heteroatoms. The lowest BCUT2D eigenvalue weighted by Crippen LogP contribution is -2.43. The number of primary amides is 1. The highest BCUT2D eigenvalue weighted by Gasteiger charge is 2.17. The van der Waals surface area contributed by atoms with Gasteiger partial charge in [0.15, 0.2) is 0 Å². The molecule has 2 aromatic carbocycles. The van der Waals surface area contributed by atoms with Gasteiger partial charge in [0, 0.05) is 30.6 Å². The number of aromatic hydroxyl groups is 1. The van der Waals surface area contributed by atoms with Gasteiger partial charge in [-0.05, 0) is 72.3 Å². The number of phenols is 1. The van der Waals surface area contributed by atoms with Crippen LogP contribution >= 0.6 is 0 Å². The molecule has 2 aromatic heterocycles. The summed E-state index contributed by atoms with van der Waals surface area (Å²) in [6, 6.07) is 20.7. The van der Waals surface area contributed by atoms with Crippen LogP contribution in [-0.2, 0) is 16.6 Å². The number of nitrogens with zero attached hydrogens (tertiary/aromatic N) is 3. The molecule has 0 unspecified atom stereocenters. The maximum absolute atomic E-state index is 12.0. The first-order valence-electron chi connectivity index (χ1n) is 12.9. The molecule has 0 aliphatic carbocycles. The lowest BCUT2D eigenvalue weighted by Gasteiger charge is -2.19. The van der Waals surface area contributed by atoms with Gasteiger partial charge < -0.3 is 21.5 Å². The van der Waals surface area contributed by atoms with Crippen molar-refractivity contribution >= 4 is 11.7 Å². The molecule has 0 saturated carbocycles. The number of carbonyl (C=O) groups is 1. The number of anilines is 1. The number of pyridine rings is 1. The van der Waals surface area contributed by atoms with Crippen molar-refractivity contribution in [3.05, 3.63) is 90.3 Å². The van der Waals surface area contributed by atoms with Gasteiger partial charge in [0.2, 0.25) is 5.91 Å². The Kier molecular flexibility index (Phi) is 8.43. The Morgan fingerprint density at radius 3 is 2.42 bits per heavy atom. The van der Waals surface area contributed by atoms with E-state index in [4.69, 9.17) is 10.8 Å². The second kappa shape index (κ2) is 11.9. The molecular weight excluding hydrogens is 476 g/mol. The van der Waals surface area contributed by atoms with Gasteiger partial charge in [-0.3, -0.25) is 9.78 Å². The Labute approximate surface area is 223 Å². The van der Waals surface area contributed by atoms with E-state index in [-0.39, 0.29) is 11.2 Å². The first-order valence-corrected chi connectivity index (χ1v) is 12.9. The number of hydrogen-bond donors (Lipinski definition) is 4. The van der Waals surface area contributed by atoms with Crippen molar-refractivity contribution in [3.63, 3.8) is 0 Å². The molecule has 0 aliphatic heterocycles. The summed E-state index contributed by atoms with van der Waals surface area (Å²) in [5, 5.41) is 21.1. The van der Waals surface area contributed by atoms with Crippen molar-refractivity contribution in [1.82, 2.24) is 20.1 Å². The number of carbonyl (C=O) groups excluding carboxylic acids is 1. The lowest BCUT2D eigenvalue weighted by atomic mass is 9.87. The van der Waals surface area contributed by atoms with Gasteiger partial charge in [0.1, 0.15) is 11.6 Å². The molecule has 0 bridgehead atoms. The van der Waals surface area contributed by atoms with Crippen LogP contribution < -0.4 is 16.4 Å². The molecule has 0 radical (unpaired) electrons.